The molecule has 0 fully saturated rings. The third-order valence-electron chi connectivity index (χ3n) is 2.68. The summed E-state index contributed by atoms with van der Waals surface area (Å²) in [5.74, 6) is -0.917. The van der Waals surface area contributed by atoms with Crippen LogP contribution in [-0.4, -0.2) is 28.3 Å². The van der Waals surface area contributed by atoms with Gasteiger partial charge in [-0.1, -0.05) is 15.9 Å². The number of nitrogens with one attached hydrogen (secondary N) is 1. The standard InChI is InChI=1S/C14H18BrNO3S/c1-9(3-8-13(17)18)16-14(19)10(2)20-12-6-4-11(15)5-7-12/h4-7,9-10H,3,8H2,1-2H3,(H,16,19)(H,17,18). The van der Waals surface area contributed by atoms with Crippen LogP contribution in [0.4, 0.5) is 0 Å². The Kier molecular flexibility index (Phi) is 7.09. The lowest BCUT2D eigenvalue weighted by atomic mass is 10.2. The Balaban J connectivity index is 2.42. The Labute approximate surface area is 131 Å². The fraction of sp³-hybridized carbons (Fsp3) is 0.429. The van der Waals surface area contributed by atoms with E-state index in [1.54, 1.807) is 0 Å². The van der Waals surface area contributed by atoms with Crippen LogP contribution in [0.2, 0.25) is 0 Å². The lowest BCUT2D eigenvalue weighted by molar-refractivity contribution is -0.137. The normalized spacial score (nSPS) is 13.6. The second kappa shape index (κ2) is 8.32. The van der Waals surface area contributed by atoms with Crippen molar-refractivity contribution >= 4 is 39.6 Å². The third kappa shape index (κ3) is 6.43. The molecule has 1 aromatic carbocycles. The summed E-state index contributed by atoms with van der Waals surface area (Å²) in [4.78, 5) is 23.5. The van der Waals surface area contributed by atoms with Crippen LogP contribution in [0.15, 0.2) is 33.6 Å². The number of hydrogen-bond acceptors (Lipinski definition) is 3. The zero-order valence-electron chi connectivity index (χ0n) is 11.4. The summed E-state index contributed by atoms with van der Waals surface area (Å²) < 4.78 is 1.00. The van der Waals surface area contributed by atoms with Gasteiger partial charge in [0.05, 0.1) is 5.25 Å². The second-order valence-electron chi connectivity index (χ2n) is 4.56. The molecule has 0 aromatic heterocycles. The number of hydrogen-bond donors (Lipinski definition) is 2. The van der Waals surface area contributed by atoms with Gasteiger partial charge in [-0.15, -0.1) is 11.8 Å². The number of thioether (sulfide) groups is 1. The van der Waals surface area contributed by atoms with E-state index in [0.29, 0.717) is 6.42 Å². The minimum absolute atomic E-state index is 0.0652. The van der Waals surface area contributed by atoms with E-state index in [1.165, 1.54) is 11.8 Å². The first-order valence-corrected chi connectivity index (χ1v) is 8.00. The summed E-state index contributed by atoms with van der Waals surface area (Å²) in [5.41, 5.74) is 0. The van der Waals surface area contributed by atoms with Crippen LogP contribution >= 0.6 is 27.7 Å². The van der Waals surface area contributed by atoms with Crippen LogP contribution in [0.25, 0.3) is 0 Å². The molecular formula is C14H18BrNO3S. The number of halogens is 1. The van der Waals surface area contributed by atoms with E-state index in [-0.39, 0.29) is 23.6 Å². The van der Waals surface area contributed by atoms with Gasteiger partial charge >= 0.3 is 5.97 Å². The molecule has 0 saturated carbocycles. The van der Waals surface area contributed by atoms with Crippen LogP contribution < -0.4 is 5.32 Å². The molecule has 2 unspecified atom stereocenters. The zero-order valence-corrected chi connectivity index (χ0v) is 13.8. The van der Waals surface area contributed by atoms with Crippen LogP contribution in [-0.2, 0) is 9.59 Å². The lowest BCUT2D eigenvalue weighted by Crippen LogP contribution is -2.37. The molecule has 6 heteroatoms. The molecule has 0 heterocycles. The average Bonchev–Trinajstić information content (AvgIpc) is 2.39. The number of carbonyl (C=O) groups excluding carboxylic acids is 1. The van der Waals surface area contributed by atoms with Gasteiger partial charge in [0.2, 0.25) is 5.91 Å². The number of carboxylic acids is 1. The van der Waals surface area contributed by atoms with Gasteiger partial charge in [0.15, 0.2) is 0 Å². The number of benzene rings is 1. The Morgan fingerprint density at radius 3 is 2.45 bits per heavy atom. The molecule has 0 radical (unpaired) electrons. The first kappa shape index (κ1) is 17.0. The van der Waals surface area contributed by atoms with Crippen molar-refractivity contribution in [3.05, 3.63) is 28.7 Å². The first-order valence-electron chi connectivity index (χ1n) is 6.33. The maximum absolute atomic E-state index is 12.0. The van der Waals surface area contributed by atoms with E-state index < -0.39 is 5.97 Å². The highest BCUT2D eigenvalue weighted by Gasteiger charge is 2.16. The van der Waals surface area contributed by atoms with Gasteiger partial charge in [-0.05, 0) is 44.5 Å². The molecule has 110 valence electrons. The summed E-state index contributed by atoms with van der Waals surface area (Å²) in [6, 6.07) is 7.63. The van der Waals surface area contributed by atoms with Gasteiger partial charge in [-0.25, -0.2) is 0 Å². The Hall–Kier alpha value is -1.01. The van der Waals surface area contributed by atoms with Gasteiger partial charge in [0.1, 0.15) is 0 Å². The molecule has 0 spiro atoms. The average molecular weight is 360 g/mol. The van der Waals surface area contributed by atoms with Gasteiger partial charge in [0.25, 0.3) is 0 Å². The van der Waals surface area contributed by atoms with Gasteiger partial charge in [-0.2, -0.15) is 0 Å². The minimum atomic E-state index is -0.844. The number of aliphatic carboxylic acids is 1. The molecule has 0 saturated heterocycles. The smallest absolute Gasteiger partial charge is 0.303 e. The maximum atomic E-state index is 12.0. The van der Waals surface area contributed by atoms with Crippen LogP contribution in [0.5, 0.6) is 0 Å². The number of carbonyl (C=O) groups is 2. The molecule has 1 rings (SSSR count). The molecule has 4 nitrogen and oxygen atoms in total. The second-order valence-corrected chi connectivity index (χ2v) is 6.89. The molecule has 2 N–H and O–H groups in total. The number of carboxylic acid groups (broad SMARTS) is 1. The summed E-state index contributed by atoms with van der Waals surface area (Å²) in [5, 5.41) is 11.2. The first-order chi connectivity index (χ1) is 9.38. The van der Waals surface area contributed by atoms with E-state index in [1.807, 2.05) is 38.1 Å². The van der Waals surface area contributed by atoms with E-state index >= 15 is 0 Å². The van der Waals surface area contributed by atoms with Crippen molar-refractivity contribution in [3.8, 4) is 0 Å². The van der Waals surface area contributed by atoms with Crippen molar-refractivity contribution in [2.24, 2.45) is 0 Å². The third-order valence-corrected chi connectivity index (χ3v) is 4.32. The summed E-state index contributed by atoms with van der Waals surface area (Å²) >= 11 is 4.84. The molecule has 1 amide bonds. The van der Waals surface area contributed by atoms with Crippen molar-refractivity contribution in [2.45, 2.75) is 42.9 Å². The van der Waals surface area contributed by atoms with Crippen molar-refractivity contribution < 1.29 is 14.7 Å². The fourth-order valence-electron chi connectivity index (χ4n) is 1.54. The topological polar surface area (TPSA) is 66.4 Å². The maximum Gasteiger partial charge on any atom is 0.303 e. The lowest BCUT2D eigenvalue weighted by Gasteiger charge is -2.16. The summed E-state index contributed by atoms with van der Waals surface area (Å²) in [6.07, 6.45) is 0.506. The van der Waals surface area contributed by atoms with E-state index in [0.717, 1.165) is 9.37 Å². The quantitative estimate of drug-likeness (QED) is 0.733. The highest BCUT2D eigenvalue weighted by molar-refractivity contribution is 9.10. The SMILES string of the molecule is CC(CCC(=O)O)NC(=O)C(C)Sc1ccc(Br)cc1. The Bertz CT molecular complexity index is 464. The highest BCUT2D eigenvalue weighted by atomic mass is 79.9. The zero-order chi connectivity index (χ0) is 15.1. The van der Waals surface area contributed by atoms with E-state index in [4.69, 9.17) is 5.11 Å². The Morgan fingerprint density at radius 1 is 1.30 bits per heavy atom. The van der Waals surface area contributed by atoms with E-state index in [9.17, 15) is 9.59 Å². The molecule has 0 aliphatic carbocycles. The molecule has 0 aliphatic heterocycles. The fourth-order valence-corrected chi connectivity index (χ4v) is 2.68. The molecule has 0 bridgehead atoms. The van der Waals surface area contributed by atoms with Crippen LogP contribution in [0.1, 0.15) is 26.7 Å². The van der Waals surface area contributed by atoms with Crippen molar-refractivity contribution in [1.82, 2.24) is 5.32 Å². The van der Waals surface area contributed by atoms with Crippen LogP contribution in [0, 0.1) is 0 Å². The Morgan fingerprint density at radius 2 is 1.90 bits per heavy atom. The van der Waals surface area contributed by atoms with Gasteiger partial charge < -0.3 is 10.4 Å². The van der Waals surface area contributed by atoms with Crippen molar-refractivity contribution in [1.29, 1.82) is 0 Å². The number of amides is 1. The summed E-state index contributed by atoms with van der Waals surface area (Å²) in [6.45, 7) is 3.66. The van der Waals surface area contributed by atoms with Crippen molar-refractivity contribution in [3.63, 3.8) is 0 Å². The van der Waals surface area contributed by atoms with Crippen LogP contribution in [0.3, 0.4) is 0 Å². The number of rotatable bonds is 7. The van der Waals surface area contributed by atoms with Gasteiger partial charge in [-0.3, -0.25) is 9.59 Å². The molecule has 20 heavy (non-hydrogen) atoms. The van der Waals surface area contributed by atoms with E-state index in [2.05, 4.69) is 21.2 Å². The molecule has 0 aliphatic rings. The van der Waals surface area contributed by atoms with Crippen molar-refractivity contribution in [2.75, 3.05) is 0 Å². The van der Waals surface area contributed by atoms with Gasteiger partial charge in [0, 0.05) is 21.8 Å². The predicted octanol–water partition coefficient (Wildman–Crippen LogP) is 3.30. The molecule has 2 atom stereocenters. The molecular weight excluding hydrogens is 342 g/mol. The highest BCUT2D eigenvalue weighted by Crippen LogP contribution is 2.25. The monoisotopic (exact) mass is 359 g/mol. The molecule has 1 aromatic rings. The largest absolute Gasteiger partial charge is 0.481 e. The minimum Gasteiger partial charge on any atom is -0.481 e. The summed E-state index contributed by atoms with van der Waals surface area (Å²) in [7, 11) is 0. The predicted molar refractivity (Wildman–Crippen MR) is 83.9 cm³/mol.